The van der Waals surface area contributed by atoms with Crippen molar-refractivity contribution < 1.29 is 33.8 Å². The smallest absolute Gasteiger partial charge is 0.335 e. The maximum Gasteiger partial charge on any atom is 0.335 e. The van der Waals surface area contributed by atoms with Gasteiger partial charge in [-0.25, -0.2) is 9.18 Å². The number of aromatic hydroxyl groups is 2. The third-order valence-electron chi connectivity index (χ3n) is 8.02. The van der Waals surface area contributed by atoms with Gasteiger partial charge in [0.05, 0.1) is 17.2 Å². The largest absolute Gasteiger partial charge is 0.508 e. The van der Waals surface area contributed by atoms with Crippen LogP contribution in [0.15, 0.2) is 30.3 Å². The number of halogens is 1. The van der Waals surface area contributed by atoms with Crippen molar-refractivity contribution in [3.63, 3.8) is 0 Å². The number of nitrogens with zero attached hydrogens (tertiary/aromatic N) is 4. The van der Waals surface area contributed by atoms with Gasteiger partial charge in [-0.15, -0.1) is 10.2 Å². The van der Waals surface area contributed by atoms with E-state index in [2.05, 4.69) is 21.0 Å². The number of benzene rings is 2. The maximum atomic E-state index is 15.6. The Morgan fingerprint density at radius 1 is 1.02 bits per heavy atom. The Hall–Kier alpha value is -4.52. The average Bonchev–Trinajstić information content (AvgIpc) is 3.76. The molecule has 44 heavy (non-hydrogen) atoms. The van der Waals surface area contributed by atoms with Crippen LogP contribution in [-0.4, -0.2) is 67.3 Å². The van der Waals surface area contributed by atoms with Crippen LogP contribution in [0.4, 0.5) is 4.39 Å². The molecule has 1 aliphatic carbocycles. The third-order valence-corrected chi connectivity index (χ3v) is 8.02. The summed E-state index contributed by atoms with van der Waals surface area (Å²) < 4.78 is 17.0. The molecule has 234 valence electrons. The van der Waals surface area contributed by atoms with Crippen molar-refractivity contribution in [2.24, 2.45) is 11.8 Å². The van der Waals surface area contributed by atoms with Crippen LogP contribution in [0.25, 0.3) is 17.1 Å². The number of likely N-dealkylation sites (tertiary alicyclic amines) is 1. The Morgan fingerprint density at radius 3 is 2.39 bits per heavy atom. The Balaban J connectivity index is 1.34. The molecule has 2 aliphatic rings. The van der Waals surface area contributed by atoms with Crippen molar-refractivity contribution in [3.8, 4) is 28.6 Å². The van der Waals surface area contributed by atoms with Crippen LogP contribution in [0.3, 0.4) is 0 Å². The molecule has 0 bridgehead atoms. The molecule has 2 fully saturated rings. The molecule has 1 saturated heterocycles. The first-order valence-corrected chi connectivity index (χ1v) is 14.9. The van der Waals surface area contributed by atoms with E-state index < -0.39 is 17.7 Å². The maximum absolute atomic E-state index is 15.6. The zero-order valence-electron chi connectivity index (χ0n) is 25.0. The molecular weight excluding hydrogens is 571 g/mol. The highest BCUT2D eigenvalue weighted by atomic mass is 19.1. The van der Waals surface area contributed by atoms with E-state index in [1.54, 1.807) is 25.1 Å². The molecule has 4 N–H and O–H groups in total. The van der Waals surface area contributed by atoms with Gasteiger partial charge in [-0.3, -0.25) is 19.1 Å². The van der Waals surface area contributed by atoms with Crippen LogP contribution in [0.1, 0.15) is 74.1 Å². The van der Waals surface area contributed by atoms with Gasteiger partial charge in [0.1, 0.15) is 17.3 Å². The molecule has 0 spiro atoms. The minimum Gasteiger partial charge on any atom is -0.508 e. The van der Waals surface area contributed by atoms with Crippen LogP contribution in [0.5, 0.6) is 11.5 Å². The van der Waals surface area contributed by atoms with Gasteiger partial charge in [0.2, 0.25) is 5.82 Å². The molecule has 1 aliphatic heterocycles. The van der Waals surface area contributed by atoms with E-state index >= 15 is 4.39 Å². The summed E-state index contributed by atoms with van der Waals surface area (Å²) in [5.41, 5.74) is 3.78. The zero-order chi connectivity index (χ0) is 31.5. The standard InChI is InChI=1S/C31H37FN6O6/c1-4-33-30(42)28-35-34-27(23-14-22(17(2)3)25(39)15-26(23)40)38(28)21-8-7-20(24(32)13-21)16-37-11-9-18(10-12-37)29(41)36-44-31(43)19-5-6-19/h7-8,13-15,17-19,39-40H,4-6,9-12,16H2,1-3H3,(H,33,42)(H,36,41). The van der Waals surface area contributed by atoms with Gasteiger partial charge >= 0.3 is 5.97 Å². The van der Waals surface area contributed by atoms with E-state index in [0.29, 0.717) is 50.1 Å². The number of hydrogen-bond acceptors (Lipinski definition) is 9. The first-order valence-electron chi connectivity index (χ1n) is 14.9. The summed E-state index contributed by atoms with van der Waals surface area (Å²) in [6, 6.07) is 7.38. The number of phenolic OH excluding ortho intramolecular Hbond substituents is 2. The molecule has 0 unspecified atom stereocenters. The summed E-state index contributed by atoms with van der Waals surface area (Å²) in [6.07, 6.45) is 2.67. The van der Waals surface area contributed by atoms with Crippen LogP contribution in [-0.2, 0) is 21.0 Å². The fourth-order valence-electron chi connectivity index (χ4n) is 5.31. The van der Waals surface area contributed by atoms with Crippen LogP contribution in [0.2, 0.25) is 0 Å². The van der Waals surface area contributed by atoms with Crippen molar-refractivity contribution in [1.29, 1.82) is 0 Å². The first kappa shape index (κ1) is 30.9. The molecule has 13 heteroatoms. The second kappa shape index (κ2) is 13.0. The topological polar surface area (TPSA) is 159 Å². The first-order chi connectivity index (χ1) is 21.1. The van der Waals surface area contributed by atoms with Crippen LogP contribution < -0.4 is 10.8 Å². The van der Waals surface area contributed by atoms with Crippen molar-refractivity contribution in [1.82, 2.24) is 30.5 Å². The molecule has 1 aromatic heterocycles. The van der Waals surface area contributed by atoms with Gasteiger partial charge in [0, 0.05) is 30.6 Å². The molecule has 5 rings (SSSR count). The van der Waals surface area contributed by atoms with E-state index in [-0.39, 0.29) is 58.1 Å². The summed E-state index contributed by atoms with van der Waals surface area (Å²) in [5.74, 6) is -2.53. The lowest BCUT2D eigenvalue weighted by Crippen LogP contribution is -2.41. The Labute approximate surface area is 254 Å². The van der Waals surface area contributed by atoms with Crippen molar-refractivity contribution >= 4 is 17.8 Å². The second-order valence-electron chi connectivity index (χ2n) is 11.6. The van der Waals surface area contributed by atoms with E-state index in [1.165, 1.54) is 16.7 Å². The Bertz CT molecular complexity index is 1560. The van der Waals surface area contributed by atoms with Crippen LogP contribution >= 0.6 is 0 Å². The third kappa shape index (κ3) is 6.67. The highest BCUT2D eigenvalue weighted by Gasteiger charge is 2.33. The van der Waals surface area contributed by atoms with Crippen molar-refractivity contribution in [2.45, 2.75) is 58.9 Å². The molecule has 3 aromatic rings. The molecule has 2 heterocycles. The lowest BCUT2D eigenvalue weighted by molar-refractivity contribution is -0.161. The predicted molar refractivity (Wildman–Crippen MR) is 157 cm³/mol. The number of rotatable bonds is 9. The number of aromatic nitrogens is 3. The fourth-order valence-corrected chi connectivity index (χ4v) is 5.31. The lowest BCUT2D eigenvalue weighted by atomic mass is 9.96. The number of nitrogens with one attached hydrogen (secondary N) is 2. The number of carbonyl (C=O) groups excluding carboxylic acids is 3. The minimum absolute atomic E-state index is 0.0744. The number of piperidine rings is 1. The number of amides is 2. The Morgan fingerprint density at radius 2 is 1.75 bits per heavy atom. The summed E-state index contributed by atoms with van der Waals surface area (Å²) in [6.45, 7) is 7.30. The fraction of sp³-hybridized carbons (Fsp3) is 0.452. The molecule has 1 saturated carbocycles. The van der Waals surface area contributed by atoms with Gasteiger partial charge < -0.3 is 20.4 Å². The summed E-state index contributed by atoms with van der Waals surface area (Å²) >= 11 is 0. The normalized spacial score (nSPS) is 15.8. The molecule has 12 nitrogen and oxygen atoms in total. The van der Waals surface area contributed by atoms with Gasteiger partial charge in [-0.05, 0) is 75.4 Å². The monoisotopic (exact) mass is 608 g/mol. The molecular formula is C31H37FN6O6. The lowest BCUT2D eigenvalue weighted by Gasteiger charge is -2.31. The molecule has 0 atom stereocenters. The van der Waals surface area contributed by atoms with Crippen molar-refractivity contribution in [2.75, 3.05) is 19.6 Å². The van der Waals surface area contributed by atoms with E-state index in [4.69, 9.17) is 4.84 Å². The zero-order valence-corrected chi connectivity index (χ0v) is 25.0. The molecule has 2 amide bonds. The van der Waals surface area contributed by atoms with Gasteiger partial charge in [-0.2, -0.15) is 5.48 Å². The van der Waals surface area contributed by atoms with Crippen molar-refractivity contribution in [3.05, 3.63) is 53.1 Å². The van der Waals surface area contributed by atoms with Gasteiger partial charge in [0.15, 0.2) is 5.82 Å². The quantitative estimate of drug-likeness (QED) is 0.267. The van der Waals surface area contributed by atoms with E-state index in [1.807, 2.05) is 18.7 Å². The van der Waals surface area contributed by atoms with Gasteiger partial charge in [-0.1, -0.05) is 19.9 Å². The highest BCUT2D eigenvalue weighted by molar-refractivity contribution is 5.92. The number of carbonyl (C=O) groups is 3. The van der Waals surface area contributed by atoms with E-state index in [9.17, 15) is 24.6 Å². The number of phenols is 2. The number of hydroxylamine groups is 1. The van der Waals surface area contributed by atoms with Gasteiger partial charge in [0.25, 0.3) is 11.8 Å². The summed E-state index contributed by atoms with van der Waals surface area (Å²) in [5, 5.41) is 32.0. The second-order valence-corrected chi connectivity index (χ2v) is 11.6. The highest BCUT2D eigenvalue weighted by Crippen LogP contribution is 2.38. The molecule has 2 aromatic carbocycles. The Kier molecular flexibility index (Phi) is 9.14. The minimum atomic E-state index is -0.521. The SMILES string of the molecule is CCNC(=O)c1nnc(-c2cc(C(C)C)c(O)cc2O)n1-c1ccc(CN2CCC(C(=O)NOC(=O)C3CC3)CC2)c(F)c1. The number of hydrogen-bond donors (Lipinski definition) is 4. The van der Waals surface area contributed by atoms with Crippen LogP contribution in [0, 0.1) is 17.7 Å². The summed E-state index contributed by atoms with van der Waals surface area (Å²) in [7, 11) is 0. The van der Waals surface area contributed by atoms with E-state index in [0.717, 1.165) is 12.8 Å². The predicted octanol–water partition coefficient (Wildman–Crippen LogP) is 3.55. The summed E-state index contributed by atoms with van der Waals surface area (Å²) in [4.78, 5) is 43.9. The average molecular weight is 609 g/mol. The molecule has 0 radical (unpaired) electrons.